The van der Waals surface area contributed by atoms with E-state index in [1.807, 2.05) is 6.92 Å². The molecule has 2 N–H and O–H groups in total. The molecule has 4 rings (SSSR count). The van der Waals surface area contributed by atoms with Gasteiger partial charge in [0.1, 0.15) is 23.9 Å². The average Bonchev–Trinajstić information content (AvgIpc) is 3.49. The minimum Gasteiger partial charge on any atom is -0.484 e. The van der Waals surface area contributed by atoms with E-state index < -0.39 is 28.3 Å². The van der Waals surface area contributed by atoms with Gasteiger partial charge >= 0.3 is 0 Å². The number of benzene rings is 3. The Bertz CT molecular complexity index is 1590. The van der Waals surface area contributed by atoms with Gasteiger partial charge in [-0.25, -0.2) is 18.2 Å². The number of amides is 2. The molecule has 0 aliphatic heterocycles. The summed E-state index contributed by atoms with van der Waals surface area (Å²) in [6.07, 6.45) is 2.89. The van der Waals surface area contributed by atoms with Crippen molar-refractivity contribution in [2.75, 3.05) is 17.5 Å². The Morgan fingerprint density at radius 1 is 0.976 bits per heavy atom. The Labute approximate surface area is 236 Å². The lowest BCUT2D eigenvalue weighted by atomic mass is 10.2. The number of sulfonamides is 1. The van der Waals surface area contributed by atoms with Crippen molar-refractivity contribution in [3.05, 3.63) is 114 Å². The number of halogens is 1. The number of hydrazone groups is 1. The highest BCUT2D eigenvalue weighted by atomic mass is 32.2. The molecule has 0 bridgehead atoms. The molecule has 0 aliphatic carbocycles. The topological polar surface area (TPSA) is 130 Å². The number of anilines is 1. The molecule has 41 heavy (non-hydrogen) atoms. The first-order valence-corrected chi connectivity index (χ1v) is 13.8. The summed E-state index contributed by atoms with van der Waals surface area (Å²) in [6.45, 7) is 1.31. The van der Waals surface area contributed by atoms with E-state index in [9.17, 15) is 22.4 Å². The van der Waals surface area contributed by atoms with Crippen LogP contribution in [0.2, 0.25) is 0 Å². The predicted octanol–water partition coefficient (Wildman–Crippen LogP) is 3.77. The van der Waals surface area contributed by atoms with Gasteiger partial charge in [0.15, 0.2) is 6.61 Å². The molecule has 0 saturated carbocycles. The van der Waals surface area contributed by atoms with E-state index in [1.165, 1.54) is 36.7 Å². The summed E-state index contributed by atoms with van der Waals surface area (Å²) in [6, 6.07) is 21.0. The van der Waals surface area contributed by atoms with Crippen LogP contribution < -0.4 is 19.8 Å². The fraction of sp³-hybridized carbons (Fsp3) is 0.138. The Morgan fingerprint density at radius 3 is 2.34 bits per heavy atom. The number of hydrogen-bond acceptors (Lipinski definition) is 7. The van der Waals surface area contributed by atoms with Crippen molar-refractivity contribution in [2.24, 2.45) is 5.10 Å². The van der Waals surface area contributed by atoms with Crippen LogP contribution in [0.25, 0.3) is 0 Å². The molecule has 12 heteroatoms. The zero-order valence-electron chi connectivity index (χ0n) is 22.0. The minimum atomic E-state index is -4.14. The van der Waals surface area contributed by atoms with Crippen molar-refractivity contribution in [3.63, 3.8) is 0 Å². The molecular formula is C29H27FN4O6S. The van der Waals surface area contributed by atoms with Gasteiger partial charge in [-0.05, 0) is 85.3 Å². The first-order valence-electron chi connectivity index (χ1n) is 12.4. The molecular weight excluding hydrogens is 551 g/mol. The molecule has 0 atom stereocenters. The monoisotopic (exact) mass is 578 g/mol. The Kier molecular flexibility index (Phi) is 9.48. The first kappa shape index (κ1) is 29.0. The molecule has 0 unspecified atom stereocenters. The third kappa shape index (κ3) is 8.26. The van der Waals surface area contributed by atoms with Gasteiger partial charge in [-0.15, -0.1) is 0 Å². The van der Waals surface area contributed by atoms with Crippen molar-refractivity contribution in [1.29, 1.82) is 0 Å². The quantitative estimate of drug-likeness (QED) is 0.194. The molecule has 0 aliphatic rings. The second-order valence-corrected chi connectivity index (χ2v) is 10.7. The summed E-state index contributed by atoms with van der Waals surface area (Å²) in [7, 11) is -4.14. The summed E-state index contributed by atoms with van der Waals surface area (Å²) in [5, 5.41) is 6.58. The molecule has 0 fully saturated rings. The number of hydrogen-bond donors (Lipinski definition) is 2. The van der Waals surface area contributed by atoms with Gasteiger partial charge < -0.3 is 14.5 Å². The van der Waals surface area contributed by atoms with Gasteiger partial charge in [-0.2, -0.15) is 5.10 Å². The van der Waals surface area contributed by atoms with Crippen LogP contribution in [-0.4, -0.2) is 39.6 Å². The maximum atomic E-state index is 13.5. The molecule has 3 aromatic carbocycles. The minimum absolute atomic E-state index is 0.0129. The maximum absolute atomic E-state index is 13.5. The molecule has 1 heterocycles. The van der Waals surface area contributed by atoms with Crippen molar-refractivity contribution in [3.8, 4) is 5.75 Å². The standard InChI is InChI=1S/C29H27FN4O6S/c1-21-4-14-27(15-5-21)41(37,38)34(24-10-8-23(30)9-11-24)19-28(35)33-32-17-22-6-12-25(13-7-22)40-20-29(36)31-18-26-3-2-16-39-26/h2-17H,18-20H2,1H3,(H,31,36)(H,33,35)/b32-17-. The SMILES string of the molecule is Cc1ccc(S(=O)(=O)N(CC(=O)N/N=C\c2ccc(OCC(=O)NCc3ccco3)cc2)c2ccc(F)cc2)cc1. The van der Waals surface area contributed by atoms with Gasteiger partial charge in [0.2, 0.25) is 0 Å². The number of carbonyl (C=O) groups is 2. The molecule has 10 nitrogen and oxygen atoms in total. The number of carbonyl (C=O) groups excluding carboxylic acids is 2. The zero-order valence-corrected chi connectivity index (χ0v) is 22.8. The van der Waals surface area contributed by atoms with Crippen molar-refractivity contribution < 1.29 is 31.6 Å². The van der Waals surface area contributed by atoms with E-state index in [4.69, 9.17) is 9.15 Å². The van der Waals surface area contributed by atoms with E-state index >= 15 is 0 Å². The third-order valence-electron chi connectivity index (χ3n) is 5.70. The number of nitrogens with one attached hydrogen (secondary N) is 2. The van der Waals surface area contributed by atoms with Gasteiger partial charge in [0, 0.05) is 0 Å². The number of ether oxygens (including phenoxy) is 1. The van der Waals surface area contributed by atoms with Crippen LogP contribution in [0, 0.1) is 12.7 Å². The number of furan rings is 1. The summed E-state index contributed by atoms with van der Waals surface area (Å²) >= 11 is 0. The van der Waals surface area contributed by atoms with Crippen LogP contribution in [-0.2, 0) is 26.2 Å². The van der Waals surface area contributed by atoms with E-state index in [1.54, 1.807) is 48.5 Å². The molecule has 0 radical (unpaired) electrons. The lowest BCUT2D eigenvalue weighted by Crippen LogP contribution is -2.39. The van der Waals surface area contributed by atoms with Crippen LogP contribution in [0.15, 0.2) is 106 Å². The lowest BCUT2D eigenvalue weighted by molar-refractivity contribution is -0.123. The van der Waals surface area contributed by atoms with Crippen LogP contribution in [0.5, 0.6) is 5.75 Å². The lowest BCUT2D eigenvalue weighted by Gasteiger charge is -2.23. The van der Waals surface area contributed by atoms with Crippen LogP contribution in [0.1, 0.15) is 16.9 Å². The fourth-order valence-corrected chi connectivity index (χ4v) is 4.97. The van der Waals surface area contributed by atoms with Crippen molar-refractivity contribution >= 4 is 33.7 Å². The summed E-state index contributed by atoms with van der Waals surface area (Å²) in [5.74, 6) is -0.475. The highest BCUT2D eigenvalue weighted by molar-refractivity contribution is 7.92. The van der Waals surface area contributed by atoms with Crippen LogP contribution in [0.4, 0.5) is 10.1 Å². The number of aryl methyl sites for hydroxylation is 1. The van der Waals surface area contributed by atoms with Crippen molar-refractivity contribution in [2.45, 2.75) is 18.4 Å². The Morgan fingerprint density at radius 2 is 1.68 bits per heavy atom. The Balaban J connectivity index is 1.33. The van der Waals surface area contributed by atoms with Gasteiger partial charge in [-0.3, -0.25) is 13.9 Å². The van der Waals surface area contributed by atoms with Crippen molar-refractivity contribution in [1.82, 2.24) is 10.7 Å². The first-order chi connectivity index (χ1) is 19.7. The van der Waals surface area contributed by atoms with Gasteiger partial charge in [0.25, 0.3) is 21.8 Å². The van der Waals surface area contributed by atoms with E-state index in [2.05, 4.69) is 15.8 Å². The van der Waals surface area contributed by atoms with Crippen LogP contribution >= 0.6 is 0 Å². The maximum Gasteiger partial charge on any atom is 0.264 e. The highest BCUT2D eigenvalue weighted by Crippen LogP contribution is 2.24. The van der Waals surface area contributed by atoms with Gasteiger partial charge in [-0.1, -0.05) is 17.7 Å². The molecule has 1 aromatic heterocycles. The molecule has 2 amide bonds. The van der Waals surface area contributed by atoms with Crippen LogP contribution in [0.3, 0.4) is 0 Å². The largest absolute Gasteiger partial charge is 0.484 e. The molecule has 212 valence electrons. The second kappa shape index (κ2) is 13.4. The highest BCUT2D eigenvalue weighted by Gasteiger charge is 2.27. The van der Waals surface area contributed by atoms with E-state index in [-0.39, 0.29) is 29.6 Å². The molecule has 0 saturated heterocycles. The second-order valence-electron chi connectivity index (χ2n) is 8.81. The zero-order chi connectivity index (χ0) is 29.2. The number of nitrogens with zero attached hydrogens (tertiary/aromatic N) is 2. The van der Waals surface area contributed by atoms with E-state index in [0.29, 0.717) is 17.1 Å². The Hall–Kier alpha value is -4.97. The smallest absolute Gasteiger partial charge is 0.264 e. The summed E-state index contributed by atoms with van der Waals surface area (Å²) < 4.78 is 51.7. The normalized spacial score (nSPS) is 11.3. The average molecular weight is 579 g/mol. The fourth-order valence-electron chi connectivity index (χ4n) is 3.55. The summed E-state index contributed by atoms with van der Waals surface area (Å²) in [5.41, 5.74) is 3.92. The van der Waals surface area contributed by atoms with E-state index in [0.717, 1.165) is 22.0 Å². The summed E-state index contributed by atoms with van der Waals surface area (Å²) in [4.78, 5) is 24.6. The molecule has 4 aromatic rings. The third-order valence-corrected chi connectivity index (χ3v) is 7.49. The van der Waals surface area contributed by atoms with Gasteiger partial charge in [0.05, 0.1) is 29.6 Å². The predicted molar refractivity (Wildman–Crippen MR) is 150 cm³/mol. The number of rotatable bonds is 12. The molecule has 0 spiro atoms.